The van der Waals surface area contributed by atoms with E-state index in [1.165, 1.54) is 6.20 Å². The number of quaternary nitrogens is 1. The van der Waals surface area contributed by atoms with Crippen molar-refractivity contribution in [1.29, 1.82) is 0 Å². The summed E-state index contributed by atoms with van der Waals surface area (Å²) in [6.07, 6.45) is 2.27. The van der Waals surface area contributed by atoms with Crippen molar-refractivity contribution in [2.45, 2.75) is 63.6 Å². The maximum absolute atomic E-state index is 13.5. The number of nitrogen functional groups attached to an aromatic ring is 1. The number of nitrogens with zero attached hydrogens (tertiary/aromatic N) is 3. The lowest BCUT2D eigenvalue weighted by molar-refractivity contribution is -0.825. The number of fused-ring (bicyclic) bond motifs is 1. The molecule has 1 saturated heterocycles. The number of anilines is 2. The summed E-state index contributed by atoms with van der Waals surface area (Å²) >= 11 is 0. The van der Waals surface area contributed by atoms with Gasteiger partial charge in [-0.05, 0) is 43.7 Å². The van der Waals surface area contributed by atoms with Crippen LogP contribution in [-0.2, 0) is 20.9 Å². The molecule has 13 heteroatoms. The highest BCUT2D eigenvalue weighted by molar-refractivity contribution is 6.02. The summed E-state index contributed by atoms with van der Waals surface area (Å²) < 4.78 is 32.1. The van der Waals surface area contributed by atoms with E-state index < -0.39 is 34.8 Å². The van der Waals surface area contributed by atoms with E-state index in [-0.39, 0.29) is 42.4 Å². The van der Waals surface area contributed by atoms with Gasteiger partial charge in [0.15, 0.2) is 11.7 Å². The smallest absolute Gasteiger partial charge is 0.347 e. The molecule has 1 saturated carbocycles. The van der Waals surface area contributed by atoms with Crippen LogP contribution < -0.4 is 16.4 Å². The van der Waals surface area contributed by atoms with E-state index in [1.54, 1.807) is 22.9 Å². The van der Waals surface area contributed by atoms with Gasteiger partial charge in [-0.3, -0.25) is 24.2 Å². The Kier molecular flexibility index (Phi) is 7.65. The molecule has 2 fully saturated rings. The minimum absolute atomic E-state index is 0.0206. The van der Waals surface area contributed by atoms with E-state index in [0.29, 0.717) is 36.9 Å². The molecule has 210 valence electrons. The first kappa shape index (κ1) is 27.2. The SMILES string of the molecule is Nc1cn(C2CCC(COCCNc3cccc4c3C[N+]([O-])(C3CCC(=O)NC3=O)C4=O)CC2)nc1C(F)F. The number of ether oxygens (including phenoxy) is 1. The number of carbonyl (C=O) groups is 3. The lowest BCUT2D eigenvalue weighted by atomic mass is 9.86. The van der Waals surface area contributed by atoms with Crippen LogP contribution in [0.4, 0.5) is 20.2 Å². The number of halogens is 2. The fourth-order valence-corrected chi connectivity index (χ4v) is 5.83. The number of piperidine rings is 1. The third kappa shape index (κ3) is 5.38. The maximum Gasteiger partial charge on any atom is 0.347 e. The lowest BCUT2D eigenvalue weighted by Gasteiger charge is -2.42. The van der Waals surface area contributed by atoms with Gasteiger partial charge in [0.2, 0.25) is 5.91 Å². The Morgan fingerprint density at radius 3 is 2.67 bits per heavy atom. The molecule has 11 nitrogen and oxygen atoms in total. The van der Waals surface area contributed by atoms with Gasteiger partial charge in [-0.2, -0.15) is 5.10 Å². The Bertz CT molecular complexity index is 1260. The van der Waals surface area contributed by atoms with Gasteiger partial charge in [-0.1, -0.05) is 6.07 Å². The zero-order valence-electron chi connectivity index (χ0n) is 21.4. The average molecular weight is 547 g/mol. The predicted octanol–water partition coefficient (Wildman–Crippen LogP) is 3.04. The molecule has 1 aromatic heterocycles. The minimum Gasteiger partial charge on any atom is -0.624 e. The Morgan fingerprint density at radius 1 is 1.21 bits per heavy atom. The van der Waals surface area contributed by atoms with Crippen molar-refractivity contribution in [3.05, 3.63) is 46.4 Å². The number of alkyl halides is 2. The summed E-state index contributed by atoms with van der Waals surface area (Å²) in [5.41, 5.74) is 6.82. The summed E-state index contributed by atoms with van der Waals surface area (Å²) in [6.45, 7) is 1.27. The first-order valence-corrected chi connectivity index (χ1v) is 13.2. The van der Waals surface area contributed by atoms with Gasteiger partial charge in [-0.15, -0.1) is 0 Å². The molecular weight excluding hydrogens is 514 g/mol. The van der Waals surface area contributed by atoms with Gasteiger partial charge in [0, 0.05) is 43.4 Å². The zero-order valence-corrected chi connectivity index (χ0v) is 21.4. The number of hydroxylamine groups is 3. The van der Waals surface area contributed by atoms with Gasteiger partial charge in [0.05, 0.1) is 23.9 Å². The van der Waals surface area contributed by atoms with E-state index in [9.17, 15) is 28.4 Å². The number of hydrogen-bond donors (Lipinski definition) is 3. The van der Waals surface area contributed by atoms with E-state index in [1.807, 2.05) is 0 Å². The van der Waals surface area contributed by atoms with Crippen molar-refractivity contribution in [3.8, 4) is 0 Å². The van der Waals surface area contributed by atoms with Crippen molar-refractivity contribution in [1.82, 2.24) is 15.1 Å². The second-order valence-corrected chi connectivity index (χ2v) is 10.5. The van der Waals surface area contributed by atoms with Crippen LogP contribution in [0.25, 0.3) is 0 Å². The van der Waals surface area contributed by atoms with Crippen LogP contribution >= 0.6 is 0 Å². The molecule has 3 aliphatic rings. The van der Waals surface area contributed by atoms with Crippen LogP contribution in [0.2, 0.25) is 0 Å². The predicted molar refractivity (Wildman–Crippen MR) is 136 cm³/mol. The number of aromatic nitrogens is 2. The summed E-state index contributed by atoms with van der Waals surface area (Å²) in [4.78, 5) is 36.8. The van der Waals surface area contributed by atoms with Crippen LogP contribution in [0.1, 0.15) is 72.6 Å². The fraction of sp³-hybridized carbons (Fsp3) is 0.538. The van der Waals surface area contributed by atoms with Crippen molar-refractivity contribution in [2.24, 2.45) is 5.92 Å². The Morgan fingerprint density at radius 2 is 1.97 bits per heavy atom. The Balaban J connectivity index is 1.08. The summed E-state index contributed by atoms with van der Waals surface area (Å²) in [5, 5.41) is 22.9. The van der Waals surface area contributed by atoms with Crippen LogP contribution in [0.15, 0.2) is 24.4 Å². The molecule has 39 heavy (non-hydrogen) atoms. The third-order valence-electron chi connectivity index (χ3n) is 7.96. The van der Waals surface area contributed by atoms with Gasteiger partial charge in [-0.25, -0.2) is 13.6 Å². The quantitative estimate of drug-likeness (QED) is 0.188. The number of carbonyl (C=O) groups excluding carboxylic acids is 3. The Hall–Kier alpha value is -3.42. The van der Waals surface area contributed by atoms with Crippen molar-refractivity contribution in [2.75, 3.05) is 30.8 Å². The van der Waals surface area contributed by atoms with Crippen molar-refractivity contribution in [3.63, 3.8) is 0 Å². The summed E-state index contributed by atoms with van der Waals surface area (Å²) in [6, 6.07) is 3.97. The molecule has 0 radical (unpaired) electrons. The number of amides is 3. The lowest BCUT2D eigenvalue weighted by Crippen LogP contribution is -2.60. The van der Waals surface area contributed by atoms with Crippen molar-refractivity contribution >= 4 is 29.1 Å². The molecule has 2 atom stereocenters. The van der Waals surface area contributed by atoms with E-state index in [2.05, 4.69) is 15.7 Å². The molecule has 3 amide bonds. The number of benzene rings is 1. The topological polar surface area (TPSA) is 151 Å². The van der Waals surface area contributed by atoms with Crippen LogP contribution in [0.5, 0.6) is 0 Å². The number of nitrogens with two attached hydrogens (primary N) is 1. The van der Waals surface area contributed by atoms with E-state index in [4.69, 9.17) is 10.5 Å². The highest BCUT2D eigenvalue weighted by Crippen LogP contribution is 2.38. The first-order chi connectivity index (χ1) is 18.7. The normalized spacial score (nSPS) is 27.1. The molecule has 5 rings (SSSR count). The van der Waals surface area contributed by atoms with Crippen LogP contribution in [0.3, 0.4) is 0 Å². The fourth-order valence-electron chi connectivity index (χ4n) is 5.83. The molecule has 2 aliphatic heterocycles. The highest BCUT2D eigenvalue weighted by Gasteiger charge is 2.50. The number of imide groups is 1. The maximum atomic E-state index is 13.5. The number of hydrogen-bond acceptors (Lipinski definition) is 8. The standard InChI is InChI=1S/C26H32F2N6O5/c27-24(28)23-19(29)12-33(32-23)16-6-4-15(5-7-16)14-39-11-10-30-20-3-1-2-17-18(20)13-34(38,26(17)37)21-8-9-22(35)31-25(21)36/h1-3,12,15-16,21,24,30H,4-11,13-14,29H2,(H,31,35,36). The van der Waals surface area contributed by atoms with Crippen LogP contribution in [0, 0.1) is 11.1 Å². The van der Waals surface area contributed by atoms with Crippen molar-refractivity contribution < 1.29 is 32.5 Å². The van der Waals surface area contributed by atoms with Crippen LogP contribution in [-0.4, -0.2) is 57.9 Å². The molecule has 1 aliphatic carbocycles. The largest absolute Gasteiger partial charge is 0.624 e. The summed E-state index contributed by atoms with van der Waals surface area (Å²) in [7, 11) is 0. The second-order valence-electron chi connectivity index (χ2n) is 10.5. The monoisotopic (exact) mass is 546 g/mol. The molecular formula is C26H32F2N6O5. The first-order valence-electron chi connectivity index (χ1n) is 13.2. The van der Waals surface area contributed by atoms with Gasteiger partial charge < -0.3 is 21.0 Å². The number of rotatable bonds is 9. The highest BCUT2D eigenvalue weighted by atomic mass is 19.3. The van der Waals surface area contributed by atoms with Gasteiger partial charge in [0.25, 0.3) is 12.3 Å². The molecule has 0 bridgehead atoms. The van der Waals surface area contributed by atoms with Gasteiger partial charge >= 0.3 is 5.91 Å². The third-order valence-corrected chi connectivity index (χ3v) is 7.96. The molecule has 2 aromatic rings. The zero-order chi connectivity index (χ0) is 27.7. The molecule has 2 unspecified atom stereocenters. The molecule has 0 spiro atoms. The Labute approximate surface area is 223 Å². The minimum atomic E-state index is -2.69. The average Bonchev–Trinajstić information content (AvgIpc) is 3.42. The number of nitrogens with one attached hydrogen (secondary N) is 2. The molecule has 3 heterocycles. The van der Waals surface area contributed by atoms with Gasteiger partial charge in [0.1, 0.15) is 6.54 Å². The molecule has 1 aromatic carbocycles. The summed E-state index contributed by atoms with van der Waals surface area (Å²) in [5.74, 6) is -1.45. The van der Waals surface area contributed by atoms with E-state index >= 15 is 0 Å². The second kappa shape index (κ2) is 11.0. The van der Waals surface area contributed by atoms with E-state index in [0.717, 1.165) is 25.7 Å². The molecule has 4 N–H and O–H groups in total.